The summed E-state index contributed by atoms with van der Waals surface area (Å²) in [5.41, 5.74) is 0.585. The number of sulfonamides is 1. The Morgan fingerprint density at radius 3 is 2.62 bits per heavy atom. The molecule has 2 N–H and O–H groups in total. The maximum Gasteiger partial charge on any atom is 0.340 e. The first kappa shape index (κ1) is 15.7. The Labute approximate surface area is 130 Å². The van der Waals surface area contributed by atoms with Gasteiger partial charge in [-0.25, -0.2) is 13.2 Å². The van der Waals surface area contributed by atoms with E-state index in [0.29, 0.717) is 10.6 Å². The summed E-state index contributed by atoms with van der Waals surface area (Å²) in [6.45, 7) is 3.11. The van der Waals surface area contributed by atoms with Crippen LogP contribution in [0.15, 0.2) is 23.1 Å². The lowest BCUT2D eigenvalue weighted by Gasteiger charge is -2.09. The van der Waals surface area contributed by atoms with E-state index in [4.69, 9.17) is 16.7 Å². The highest BCUT2D eigenvalue weighted by molar-refractivity contribution is 7.93. The number of nitrogens with one attached hydrogen (secondary N) is 1. The van der Waals surface area contributed by atoms with Crippen molar-refractivity contribution in [2.24, 2.45) is 0 Å². The highest BCUT2D eigenvalue weighted by Crippen LogP contribution is 2.28. The number of benzene rings is 1. The molecule has 0 aliphatic rings. The van der Waals surface area contributed by atoms with E-state index in [2.05, 4.69) is 9.10 Å². The summed E-state index contributed by atoms with van der Waals surface area (Å²) in [4.78, 5) is 11.2. The molecular formula is C12H11ClN2O4S2. The van der Waals surface area contributed by atoms with Gasteiger partial charge in [-0.3, -0.25) is 4.72 Å². The van der Waals surface area contributed by atoms with E-state index in [1.807, 2.05) is 0 Å². The number of carboxylic acid groups (broad SMARTS) is 1. The lowest BCUT2D eigenvalue weighted by Crippen LogP contribution is -2.15. The van der Waals surface area contributed by atoms with Crippen LogP contribution in [0.25, 0.3) is 0 Å². The monoisotopic (exact) mass is 346 g/mol. The van der Waals surface area contributed by atoms with E-state index in [1.165, 1.54) is 25.1 Å². The zero-order valence-electron chi connectivity index (χ0n) is 11.0. The van der Waals surface area contributed by atoms with Crippen molar-refractivity contribution in [2.45, 2.75) is 18.7 Å². The van der Waals surface area contributed by atoms with E-state index in [9.17, 15) is 13.2 Å². The molecule has 2 aromatic rings. The number of carboxylic acids is 1. The van der Waals surface area contributed by atoms with Gasteiger partial charge in [0.1, 0.15) is 10.6 Å². The first-order valence-electron chi connectivity index (χ1n) is 5.71. The van der Waals surface area contributed by atoms with Crippen molar-refractivity contribution in [1.82, 2.24) is 4.37 Å². The van der Waals surface area contributed by atoms with E-state index < -0.39 is 16.0 Å². The average Bonchev–Trinajstić information content (AvgIpc) is 2.68. The van der Waals surface area contributed by atoms with Crippen LogP contribution in [-0.2, 0) is 10.0 Å². The van der Waals surface area contributed by atoms with Gasteiger partial charge in [-0.2, -0.15) is 4.37 Å². The number of hydrogen-bond acceptors (Lipinski definition) is 5. The van der Waals surface area contributed by atoms with E-state index in [1.54, 1.807) is 6.92 Å². The van der Waals surface area contributed by atoms with E-state index in [0.717, 1.165) is 11.5 Å². The molecule has 0 bridgehead atoms. The zero-order valence-corrected chi connectivity index (χ0v) is 13.4. The molecule has 0 amide bonds. The van der Waals surface area contributed by atoms with Crippen LogP contribution in [-0.4, -0.2) is 23.9 Å². The van der Waals surface area contributed by atoms with Crippen molar-refractivity contribution in [3.8, 4) is 0 Å². The molecule has 0 saturated heterocycles. The molecule has 0 unspecified atom stereocenters. The summed E-state index contributed by atoms with van der Waals surface area (Å²) in [6, 6.07) is 4.35. The van der Waals surface area contributed by atoms with Gasteiger partial charge in [0, 0.05) is 5.02 Å². The summed E-state index contributed by atoms with van der Waals surface area (Å²) in [5.74, 6) is -1.23. The van der Waals surface area contributed by atoms with Gasteiger partial charge in [-0.05, 0) is 49.1 Å². The largest absolute Gasteiger partial charge is 0.478 e. The van der Waals surface area contributed by atoms with Crippen molar-refractivity contribution in [3.63, 3.8) is 0 Å². The highest BCUT2D eigenvalue weighted by atomic mass is 35.5. The number of nitrogens with zero attached hydrogens (tertiary/aromatic N) is 1. The number of hydrogen-bond donors (Lipinski definition) is 2. The van der Waals surface area contributed by atoms with Crippen LogP contribution in [0.3, 0.4) is 0 Å². The normalized spacial score (nSPS) is 11.4. The average molecular weight is 347 g/mol. The van der Waals surface area contributed by atoms with Crippen LogP contribution in [0.1, 0.15) is 21.6 Å². The second-order valence-electron chi connectivity index (χ2n) is 4.29. The zero-order chi connectivity index (χ0) is 15.8. The van der Waals surface area contributed by atoms with Crippen molar-refractivity contribution in [1.29, 1.82) is 0 Å². The van der Waals surface area contributed by atoms with Gasteiger partial charge in [-0.15, -0.1) is 0 Å². The first-order valence-corrected chi connectivity index (χ1v) is 8.34. The van der Waals surface area contributed by atoms with Gasteiger partial charge in [-0.1, -0.05) is 11.6 Å². The Bertz CT molecular complexity index is 815. The number of aromatic carboxylic acids is 1. The second kappa shape index (κ2) is 5.63. The fraction of sp³-hybridized carbons (Fsp3) is 0.167. The molecule has 0 atom stereocenters. The third-order valence-corrected chi connectivity index (χ3v) is 5.46. The first-order chi connectivity index (χ1) is 9.72. The van der Waals surface area contributed by atoms with Crippen molar-refractivity contribution in [3.05, 3.63) is 40.0 Å². The Morgan fingerprint density at radius 2 is 2.05 bits per heavy atom. The van der Waals surface area contributed by atoms with Gasteiger partial charge in [0.2, 0.25) is 0 Å². The molecule has 112 valence electrons. The summed E-state index contributed by atoms with van der Waals surface area (Å²) < 4.78 is 30.8. The van der Waals surface area contributed by atoms with Crippen LogP contribution in [0.4, 0.5) is 5.00 Å². The standard InChI is InChI=1S/C12H11ClN2O4S2/c1-6-5-8(13)3-4-9(6)21(18,19)15-11-10(12(16)17)7(2)14-20-11/h3-5,15H,1-2H3,(H,16,17). The second-order valence-corrected chi connectivity index (χ2v) is 7.15. The lowest BCUT2D eigenvalue weighted by atomic mass is 10.2. The molecule has 0 fully saturated rings. The number of rotatable bonds is 4. The van der Waals surface area contributed by atoms with Crippen molar-refractivity contribution >= 4 is 44.1 Å². The Balaban J connectivity index is 2.45. The van der Waals surface area contributed by atoms with Gasteiger partial charge in [0.05, 0.1) is 10.6 Å². The lowest BCUT2D eigenvalue weighted by molar-refractivity contribution is 0.0697. The Hall–Kier alpha value is -1.64. The number of halogens is 1. The predicted octanol–water partition coefficient (Wildman–Crippen LogP) is 2.91. The van der Waals surface area contributed by atoms with Gasteiger partial charge >= 0.3 is 5.97 Å². The maximum absolute atomic E-state index is 12.3. The molecule has 1 aromatic heterocycles. The van der Waals surface area contributed by atoms with Crippen LogP contribution < -0.4 is 4.72 Å². The number of aryl methyl sites for hydroxylation is 2. The smallest absolute Gasteiger partial charge is 0.340 e. The van der Waals surface area contributed by atoms with Crippen LogP contribution in [0.5, 0.6) is 0 Å². The third-order valence-electron chi connectivity index (χ3n) is 2.73. The van der Waals surface area contributed by atoms with E-state index in [-0.39, 0.29) is 21.2 Å². The molecule has 0 aliphatic carbocycles. The highest BCUT2D eigenvalue weighted by Gasteiger charge is 2.24. The number of carbonyl (C=O) groups is 1. The number of aromatic nitrogens is 1. The minimum absolute atomic E-state index is 0.0191. The third kappa shape index (κ3) is 3.17. The molecule has 0 aliphatic heterocycles. The van der Waals surface area contributed by atoms with Gasteiger partial charge in [0.25, 0.3) is 10.0 Å². The predicted molar refractivity (Wildman–Crippen MR) is 80.8 cm³/mol. The molecule has 9 heteroatoms. The molecule has 2 rings (SSSR count). The summed E-state index contributed by atoms with van der Waals surface area (Å²) in [7, 11) is -3.91. The van der Waals surface area contributed by atoms with Crippen LogP contribution in [0.2, 0.25) is 5.02 Å². The fourth-order valence-corrected chi connectivity index (χ4v) is 4.32. The topological polar surface area (TPSA) is 96.4 Å². The minimum atomic E-state index is -3.91. The van der Waals surface area contributed by atoms with E-state index >= 15 is 0 Å². The molecule has 0 radical (unpaired) electrons. The summed E-state index contributed by atoms with van der Waals surface area (Å²) >= 11 is 6.58. The Kier molecular flexibility index (Phi) is 4.22. The SMILES string of the molecule is Cc1cc(Cl)ccc1S(=O)(=O)Nc1snc(C)c1C(=O)O. The summed E-state index contributed by atoms with van der Waals surface area (Å²) in [5, 5.41) is 9.51. The molecule has 6 nitrogen and oxygen atoms in total. The fourth-order valence-electron chi connectivity index (χ4n) is 1.78. The molecule has 1 heterocycles. The van der Waals surface area contributed by atoms with Gasteiger partial charge in [0.15, 0.2) is 0 Å². The molecular weight excluding hydrogens is 336 g/mol. The minimum Gasteiger partial charge on any atom is -0.478 e. The molecule has 0 spiro atoms. The van der Waals surface area contributed by atoms with Crippen molar-refractivity contribution in [2.75, 3.05) is 4.72 Å². The maximum atomic E-state index is 12.3. The molecule has 21 heavy (non-hydrogen) atoms. The van der Waals surface area contributed by atoms with Crippen LogP contribution >= 0.6 is 23.1 Å². The summed E-state index contributed by atoms with van der Waals surface area (Å²) in [6.07, 6.45) is 0. The Morgan fingerprint density at radius 1 is 1.38 bits per heavy atom. The van der Waals surface area contributed by atoms with Crippen molar-refractivity contribution < 1.29 is 18.3 Å². The number of anilines is 1. The molecule has 1 aromatic carbocycles. The molecule has 0 saturated carbocycles. The van der Waals surface area contributed by atoms with Gasteiger partial charge < -0.3 is 5.11 Å². The quantitative estimate of drug-likeness (QED) is 0.887. The van der Waals surface area contributed by atoms with Crippen LogP contribution in [0, 0.1) is 13.8 Å².